The molecule has 1 heterocycles. The van der Waals surface area contributed by atoms with Crippen molar-refractivity contribution in [1.82, 2.24) is 4.98 Å². The number of aliphatic carboxylic acids is 1. The van der Waals surface area contributed by atoms with Crippen LogP contribution in [0.5, 0.6) is 0 Å². The molecule has 0 saturated heterocycles. The van der Waals surface area contributed by atoms with E-state index in [1.165, 1.54) is 0 Å². The summed E-state index contributed by atoms with van der Waals surface area (Å²) in [6.45, 7) is 0. The van der Waals surface area contributed by atoms with E-state index in [1.807, 2.05) is 0 Å². The maximum Gasteiger partial charge on any atom is 0.308 e. The van der Waals surface area contributed by atoms with Gasteiger partial charge in [0.25, 0.3) is 6.43 Å². The minimum atomic E-state index is -2.90. The number of aromatic nitrogens is 1. The zero-order chi connectivity index (χ0) is 10.7. The van der Waals surface area contributed by atoms with Gasteiger partial charge in [0, 0.05) is 18.0 Å². The molecule has 0 spiro atoms. The highest BCUT2D eigenvalue weighted by Crippen LogP contribution is 2.13. The van der Waals surface area contributed by atoms with Crippen LogP contribution in [0, 0.1) is 0 Å². The van der Waals surface area contributed by atoms with E-state index in [2.05, 4.69) is 4.98 Å². The Hall–Kier alpha value is -1.72. The van der Waals surface area contributed by atoms with Crippen LogP contribution in [0.4, 0.5) is 8.78 Å². The largest absolute Gasteiger partial charge is 0.481 e. The summed E-state index contributed by atoms with van der Waals surface area (Å²) >= 11 is 0. The smallest absolute Gasteiger partial charge is 0.308 e. The number of carboxylic acids is 1. The van der Waals surface area contributed by atoms with Crippen LogP contribution in [0.2, 0.25) is 0 Å². The Bertz CT molecular complexity index is 400. The lowest BCUT2D eigenvalue weighted by atomic mass is 10.1. The van der Waals surface area contributed by atoms with E-state index in [0.717, 1.165) is 12.4 Å². The average molecular weight is 203 g/mol. The lowest BCUT2D eigenvalue weighted by Crippen LogP contribution is -2.18. The second-order valence-electron chi connectivity index (χ2n) is 2.64. The van der Waals surface area contributed by atoms with Crippen molar-refractivity contribution in [2.24, 2.45) is 0 Å². The van der Waals surface area contributed by atoms with Crippen LogP contribution >= 0.6 is 0 Å². The molecule has 0 saturated carbocycles. The van der Waals surface area contributed by atoms with Crippen LogP contribution in [-0.4, -0.2) is 16.1 Å². The molecule has 1 aromatic heterocycles. The summed E-state index contributed by atoms with van der Waals surface area (Å²) in [5.41, 5.74) is -1.79. The number of hydrogen-bond donors (Lipinski definition) is 2. The van der Waals surface area contributed by atoms with E-state index >= 15 is 0 Å². The summed E-state index contributed by atoms with van der Waals surface area (Å²) in [4.78, 5) is 23.8. The third kappa shape index (κ3) is 2.15. The standard InChI is InChI=1S/C8H7F2NO3/c9-8(10)5-3-11-2-4(7(5)14)1-6(12)13/h2-3,8H,1H2,(H,11,14)(H,12,13). The molecule has 0 radical (unpaired) electrons. The lowest BCUT2D eigenvalue weighted by molar-refractivity contribution is -0.136. The van der Waals surface area contributed by atoms with E-state index in [9.17, 15) is 18.4 Å². The Labute approximate surface area is 77.2 Å². The first-order valence-electron chi connectivity index (χ1n) is 3.72. The minimum absolute atomic E-state index is 0.171. The first kappa shape index (κ1) is 10.4. The lowest BCUT2D eigenvalue weighted by Gasteiger charge is -2.00. The molecule has 0 aliphatic heterocycles. The SMILES string of the molecule is O=C(O)Cc1c[nH]cc(C(F)F)c1=O. The van der Waals surface area contributed by atoms with E-state index < -0.39 is 29.8 Å². The third-order valence-electron chi connectivity index (χ3n) is 1.63. The first-order valence-corrected chi connectivity index (χ1v) is 3.72. The van der Waals surface area contributed by atoms with Gasteiger partial charge in [-0.1, -0.05) is 0 Å². The van der Waals surface area contributed by atoms with Gasteiger partial charge in [0.1, 0.15) is 0 Å². The molecule has 1 aromatic rings. The molecule has 14 heavy (non-hydrogen) atoms. The van der Waals surface area contributed by atoms with Crippen molar-refractivity contribution in [1.29, 1.82) is 0 Å². The molecule has 6 heteroatoms. The minimum Gasteiger partial charge on any atom is -0.481 e. The van der Waals surface area contributed by atoms with Crippen molar-refractivity contribution in [3.05, 3.63) is 33.7 Å². The van der Waals surface area contributed by atoms with Gasteiger partial charge >= 0.3 is 5.97 Å². The van der Waals surface area contributed by atoms with Crippen molar-refractivity contribution < 1.29 is 18.7 Å². The van der Waals surface area contributed by atoms with Gasteiger partial charge in [-0.15, -0.1) is 0 Å². The monoisotopic (exact) mass is 203 g/mol. The number of hydrogen-bond acceptors (Lipinski definition) is 2. The molecule has 0 aliphatic carbocycles. The van der Waals surface area contributed by atoms with Gasteiger partial charge in [0.05, 0.1) is 12.0 Å². The van der Waals surface area contributed by atoms with Crippen LogP contribution < -0.4 is 5.43 Å². The highest BCUT2D eigenvalue weighted by atomic mass is 19.3. The summed E-state index contributed by atoms with van der Waals surface area (Å²) < 4.78 is 24.4. The average Bonchev–Trinajstić information content (AvgIpc) is 2.07. The molecule has 0 fully saturated rings. The molecular formula is C8H7F2NO3. The molecule has 0 bridgehead atoms. The summed E-state index contributed by atoms with van der Waals surface area (Å²) in [7, 11) is 0. The summed E-state index contributed by atoms with van der Waals surface area (Å²) in [6, 6.07) is 0. The fraction of sp³-hybridized carbons (Fsp3) is 0.250. The number of H-pyrrole nitrogens is 1. The number of halogens is 2. The van der Waals surface area contributed by atoms with Gasteiger partial charge < -0.3 is 10.1 Å². The van der Waals surface area contributed by atoms with E-state index in [1.54, 1.807) is 0 Å². The summed E-state index contributed by atoms with van der Waals surface area (Å²) in [5, 5.41) is 8.38. The molecule has 0 aromatic carbocycles. The van der Waals surface area contributed by atoms with E-state index in [0.29, 0.717) is 0 Å². The van der Waals surface area contributed by atoms with Gasteiger partial charge in [-0.25, -0.2) is 8.78 Å². The van der Waals surface area contributed by atoms with Crippen LogP contribution in [0.25, 0.3) is 0 Å². The summed E-state index contributed by atoms with van der Waals surface area (Å²) in [5.74, 6) is -1.23. The maximum atomic E-state index is 12.2. The maximum absolute atomic E-state index is 12.2. The van der Waals surface area contributed by atoms with Gasteiger partial charge in [0.2, 0.25) is 0 Å². The highest BCUT2D eigenvalue weighted by molar-refractivity contribution is 5.70. The number of aromatic amines is 1. The Morgan fingerprint density at radius 1 is 1.50 bits per heavy atom. The third-order valence-corrected chi connectivity index (χ3v) is 1.63. The fourth-order valence-electron chi connectivity index (χ4n) is 1.00. The number of carbonyl (C=O) groups is 1. The topological polar surface area (TPSA) is 70.2 Å². The van der Waals surface area contributed by atoms with Gasteiger partial charge in [0.15, 0.2) is 5.43 Å². The number of rotatable bonds is 3. The predicted octanol–water partition coefficient (Wildman–Crippen LogP) is 0.940. The molecule has 2 N–H and O–H groups in total. The van der Waals surface area contributed by atoms with Crippen LogP contribution in [0.15, 0.2) is 17.2 Å². The van der Waals surface area contributed by atoms with Crippen molar-refractivity contribution in [3.63, 3.8) is 0 Å². The van der Waals surface area contributed by atoms with Crippen molar-refractivity contribution in [2.45, 2.75) is 12.8 Å². The van der Waals surface area contributed by atoms with Gasteiger partial charge in [-0.2, -0.15) is 0 Å². The zero-order valence-corrected chi connectivity index (χ0v) is 6.96. The molecule has 0 aliphatic rings. The molecule has 1 rings (SSSR count). The van der Waals surface area contributed by atoms with Crippen molar-refractivity contribution in [2.75, 3.05) is 0 Å². The molecular weight excluding hydrogens is 196 g/mol. The predicted molar refractivity (Wildman–Crippen MR) is 43.4 cm³/mol. The van der Waals surface area contributed by atoms with Gasteiger partial charge in [-0.05, 0) is 0 Å². The van der Waals surface area contributed by atoms with Crippen molar-refractivity contribution >= 4 is 5.97 Å². The van der Waals surface area contributed by atoms with Gasteiger partial charge in [-0.3, -0.25) is 9.59 Å². The number of nitrogens with one attached hydrogen (secondary N) is 1. The fourth-order valence-corrected chi connectivity index (χ4v) is 1.00. The highest BCUT2D eigenvalue weighted by Gasteiger charge is 2.15. The first-order chi connectivity index (χ1) is 6.52. The summed E-state index contributed by atoms with van der Waals surface area (Å²) in [6.07, 6.45) is -1.47. The molecule has 4 nitrogen and oxygen atoms in total. The number of alkyl halides is 2. The Kier molecular flexibility index (Phi) is 2.95. The molecule has 0 amide bonds. The number of carboxylic acid groups (broad SMARTS) is 1. The van der Waals surface area contributed by atoms with Crippen LogP contribution in [0.3, 0.4) is 0 Å². The zero-order valence-electron chi connectivity index (χ0n) is 6.96. The van der Waals surface area contributed by atoms with E-state index in [4.69, 9.17) is 5.11 Å². The second-order valence-corrected chi connectivity index (χ2v) is 2.64. The normalized spacial score (nSPS) is 10.5. The molecule has 76 valence electrons. The Morgan fingerprint density at radius 2 is 2.14 bits per heavy atom. The molecule has 0 unspecified atom stereocenters. The van der Waals surface area contributed by atoms with Crippen LogP contribution in [0.1, 0.15) is 17.6 Å². The number of pyridine rings is 1. The Balaban J connectivity index is 3.14. The second kappa shape index (κ2) is 3.99. The quantitative estimate of drug-likeness (QED) is 0.767. The van der Waals surface area contributed by atoms with Crippen LogP contribution in [-0.2, 0) is 11.2 Å². The van der Waals surface area contributed by atoms with Crippen molar-refractivity contribution in [3.8, 4) is 0 Å². The van der Waals surface area contributed by atoms with E-state index in [-0.39, 0.29) is 5.56 Å². The molecule has 0 atom stereocenters. The Morgan fingerprint density at radius 3 is 2.64 bits per heavy atom.